The van der Waals surface area contributed by atoms with Gasteiger partial charge in [0.15, 0.2) is 29.2 Å². The number of rotatable bonds is 7. The predicted octanol–water partition coefficient (Wildman–Crippen LogP) is 2.42. The van der Waals surface area contributed by atoms with Gasteiger partial charge in [0, 0.05) is 18.1 Å². The van der Waals surface area contributed by atoms with Crippen molar-refractivity contribution in [2.45, 2.75) is 13.3 Å². The zero-order valence-corrected chi connectivity index (χ0v) is 15.4. The zero-order chi connectivity index (χ0) is 20.8. The molecule has 148 valence electrons. The van der Waals surface area contributed by atoms with Crippen molar-refractivity contribution in [2.75, 3.05) is 18.5 Å². The number of nitrogens with zero attached hydrogens (tertiary/aromatic N) is 4. The van der Waals surface area contributed by atoms with Gasteiger partial charge in [0.2, 0.25) is 5.95 Å². The molecule has 3 aromatic rings. The first kappa shape index (κ1) is 19.8. The normalized spacial score (nSPS) is 10.4. The van der Waals surface area contributed by atoms with E-state index in [4.69, 9.17) is 9.47 Å². The maximum Gasteiger partial charge on any atom is 0.308 e. The summed E-state index contributed by atoms with van der Waals surface area (Å²) in [7, 11) is 0. The van der Waals surface area contributed by atoms with E-state index in [0.717, 1.165) is 4.57 Å². The van der Waals surface area contributed by atoms with Gasteiger partial charge in [-0.1, -0.05) is 12.1 Å². The molecule has 29 heavy (non-hydrogen) atoms. The summed E-state index contributed by atoms with van der Waals surface area (Å²) in [5.41, 5.74) is -0.744. The third-order valence-corrected chi connectivity index (χ3v) is 3.78. The van der Waals surface area contributed by atoms with Gasteiger partial charge in [-0.25, -0.2) is 9.37 Å². The molecule has 10 heteroatoms. The number of carbonyl (C=O) groups excluding carboxylic acids is 1. The Morgan fingerprint density at radius 3 is 2.86 bits per heavy atom. The molecule has 0 saturated heterocycles. The lowest BCUT2D eigenvalue weighted by atomic mass is 10.3. The number of esters is 1. The van der Waals surface area contributed by atoms with Crippen LogP contribution in [0, 0.1) is 17.3 Å². The summed E-state index contributed by atoms with van der Waals surface area (Å²) in [5, 5.41) is 12.6. The molecule has 1 aromatic carbocycles. The molecule has 1 N–H and O–H groups in total. The van der Waals surface area contributed by atoms with Gasteiger partial charge in [0.1, 0.15) is 0 Å². The molecule has 0 fully saturated rings. The molecule has 3 rings (SSSR count). The number of aromatic nitrogens is 3. The van der Waals surface area contributed by atoms with Crippen LogP contribution in [0.3, 0.4) is 0 Å². The van der Waals surface area contributed by atoms with E-state index in [1.165, 1.54) is 30.5 Å². The molecule has 0 bridgehead atoms. The van der Waals surface area contributed by atoms with Gasteiger partial charge in [-0.15, -0.1) is 0 Å². The van der Waals surface area contributed by atoms with Crippen LogP contribution in [0.1, 0.15) is 13.3 Å². The molecule has 9 nitrogen and oxygen atoms in total. The van der Waals surface area contributed by atoms with Crippen molar-refractivity contribution >= 4 is 23.0 Å². The van der Waals surface area contributed by atoms with E-state index in [9.17, 15) is 19.2 Å². The summed E-state index contributed by atoms with van der Waals surface area (Å²) >= 11 is 0. The van der Waals surface area contributed by atoms with Gasteiger partial charge in [-0.2, -0.15) is 14.8 Å². The monoisotopic (exact) mass is 397 g/mol. The van der Waals surface area contributed by atoms with Crippen molar-refractivity contribution in [3.05, 3.63) is 52.7 Å². The van der Waals surface area contributed by atoms with E-state index in [0.29, 0.717) is 5.39 Å². The maximum atomic E-state index is 13.8. The second-order valence-corrected chi connectivity index (χ2v) is 5.74. The van der Waals surface area contributed by atoms with Crippen LogP contribution in [-0.4, -0.2) is 33.7 Å². The fraction of sp³-hybridized carbons (Fsp3) is 0.211. The smallest absolute Gasteiger partial charge is 0.308 e. The zero-order valence-electron chi connectivity index (χ0n) is 15.4. The van der Waals surface area contributed by atoms with E-state index in [1.807, 2.05) is 0 Å². The van der Waals surface area contributed by atoms with E-state index in [2.05, 4.69) is 15.3 Å². The Kier molecular flexibility index (Phi) is 5.99. The number of pyridine rings is 1. The highest BCUT2D eigenvalue weighted by Crippen LogP contribution is 2.24. The Labute approximate surface area is 164 Å². The highest BCUT2D eigenvalue weighted by molar-refractivity contribution is 5.77. The lowest BCUT2D eigenvalue weighted by Gasteiger charge is -2.10. The first-order chi connectivity index (χ1) is 14.0. The Morgan fingerprint density at radius 1 is 1.34 bits per heavy atom. The minimum Gasteiger partial charge on any atom is -0.466 e. The largest absolute Gasteiger partial charge is 0.466 e. The number of carbonyl (C=O) groups is 1. The quantitative estimate of drug-likeness (QED) is 0.604. The summed E-state index contributed by atoms with van der Waals surface area (Å²) in [4.78, 5) is 32.2. The highest BCUT2D eigenvalue weighted by Gasteiger charge is 2.15. The average molecular weight is 397 g/mol. The van der Waals surface area contributed by atoms with Crippen molar-refractivity contribution in [3.63, 3.8) is 0 Å². The lowest BCUT2D eigenvalue weighted by Crippen LogP contribution is -2.20. The minimum absolute atomic E-state index is 0.0482. The summed E-state index contributed by atoms with van der Waals surface area (Å²) in [5.74, 6) is -1.27. The second kappa shape index (κ2) is 8.79. The van der Waals surface area contributed by atoms with Gasteiger partial charge in [-0.3, -0.25) is 9.59 Å². The van der Waals surface area contributed by atoms with Crippen LogP contribution in [0.25, 0.3) is 11.0 Å². The van der Waals surface area contributed by atoms with Crippen molar-refractivity contribution < 1.29 is 18.7 Å². The fourth-order valence-electron chi connectivity index (χ4n) is 2.48. The van der Waals surface area contributed by atoms with Gasteiger partial charge >= 0.3 is 11.5 Å². The van der Waals surface area contributed by atoms with E-state index in [-0.39, 0.29) is 48.6 Å². The molecule has 0 spiro atoms. The summed E-state index contributed by atoms with van der Waals surface area (Å²) < 4.78 is 24.7. The third-order valence-electron chi connectivity index (χ3n) is 3.78. The van der Waals surface area contributed by atoms with Gasteiger partial charge in [-0.05, 0) is 25.1 Å². The molecular formula is C19H16FN5O4. The Morgan fingerprint density at radius 2 is 2.14 bits per heavy atom. The molecule has 0 unspecified atom stereocenters. The molecule has 0 atom stereocenters. The molecule has 0 aliphatic rings. The van der Waals surface area contributed by atoms with Crippen LogP contribution in [0.2, 0.25) is 0 Å². The van der Waals surface area contributed by atoms with Gasteiger partial charge in [0.05, 0.1) is 13.0 Å². The Bertz CT molecular complexity index is 1160. The number of halogens is 1. The summed E-state index contributed by atoms with van der Waals surface area (Å²) in [6.45, 7) is 2.22. The van der Waals surface area contributed by atoms with Gasteiger partial charge < -0.3 is 14.8 Å². The lowest BCUT2D eigenvalue weighted by molar-refractivity contribution is -0.142. The van der Waals surface area contributed by atoms with Crippen LogP contribution in [0.5, 0.6) is 11.5 Å². The third kappa shape index (κ3) is 4.47. The number of para-hydroxylation sites is 1. The maximum absolute atomic E-state index is 13.8. The molecule has 2 aromatic heterocycles. The number of anilines is 1. The van der Waals surface area contributed by atoms with E-state index in [1.54, 1.807) is 19.2 Å². The first-order valence-electron chi connectivity index (χ1n) is 8.68. The van der Waals surface area contributed by atoms with Crippen LogP contribution >= 0.6 is 0 Å². The van der Waals surface area contributed by atoms with Crippen LogP contribution in [0.4, 0.5) is 10.3 Å². The number of ether oxygens (including phenoxy) is 2. The minimum atomic E-state index is -0.792. The molecule has 0 aliphatic carbocycles. The molecule has 0 radical (unpaired) electrons. The molecule has 0 aliphatic heterocycles. The number of hydrogen-bond donors (Lipinski definition) is 1. The number of nitriles is 1. The van der Waals surface area contributed by atoms with Crippen molar-refractivity contribution in [2.24, 2.45) is 0 Å². The Hall–Kier alpha value is -4.00. The fourth-order valence-corrected chi connectivity index (χ4v) is 2.48. The van der Waals surface area contributed by atoms with Crippen LogP contribution < -0.4 is 15.6 Å². The summed E-state index contributed by atoms with van der Waals surface area (Å²) in [6, 6.07) is 6.93. The number of benzene rings is 1. The summed E-state index contributed by atoms with van der Waals surface area (Å²) in [6.07, 6.45) is 3.23. The van der Waals surface area contributed by atoms with Crippen LogP contribution in [-0.2, 0) is 9.53 Å². The SMILES string of the molecule is CCOC(=O)CCNc1ncc2cc(Oc3ccccc3F)c(=O)n(C#N)c2n1. The molecular weight excluding hydrogens is 381 g/mol. The van der Waals surface area contributed by atoms with Crippen molar-refractivity contribution in [1.82, 2.24) is 14.5 Å². The van der Waals surface area contributed by atoms with E-state index < -0.39 is 11.4 Å². The molecule has 0 amide bonds. The number of fused-ring (bicyclic) bond motifs is 1. The van der Waals surface area contributed by atoms with Gasteiger partial charge in [0.25, 0.3) is 0 Å². The molecule has 0 saturated carbocycles. The highest BCUT2D eigenvalue weighted by atomic mass is 19.1. The Balaban J connectivity index is 1.90. The predicted molar refractivity (Wildman–Crippen MR) is 101 cm³/mol. The number of nitrogens with one attached hydrogen (secondary N) is 1. The topological polar surface area (TPSA) is 119 Å². The second-order valence-electron chi connectivity index (χ2n) is 5.74. The average Bonchev–Trinajstić information content (AvgIpc) is 2.71. The van der Waals surface area contributed by atoms with Crippen molar-refractivity contribution in [1.29, 1.82) is 5.26 Å². The van der Waals surface area contributed by atoms with Crippen molar-refractivity contribution in [3.8, 4) is 17.7 Å². The van der Waals surface area contributed by atoms with Crippen LogP contribution in [0.15, 0.2) is 41.3 Å². The van der Waals surface area contributed by atoms with E-state index >= 15 is 0 Å². The number of hydrogen-bond acceptors (Lipinski definition) is 8. The standard InChI is InChI=1S/C19H16FN5O4/c1-2-28-16(26)7-8-22-19-23-10-12-9-15(18(27)25(11-21)17(12)24-19)29-14-6-4-3-5-13(14)20/h3-6,9-10H,2,7-8H2,1H3,(H,22,23,24). The first-order valence-corrected chi connectivity index (χ1v) is 8.68. The molecule has 2 heterocycles.